The molecule has 1 aromatic rings. The van der Waals surface area contributed by atoms with Gasteiger partial charge in [0, 0.05) is 9.37 Å². The predicted molar refractivity (Wildman–Crippen MR) is 40.3 cm³/mol. The van der Waals surface area contributed by atoms with Gasteiger partial charge in [0.1, 0.15) is 0 Å². The van der Waals surface area contributed by atoms with Crippen LogP contribution in [0.4, 0.5) is 0 Å². The molecule has 3 nitrogen and oxygen atoms in total. The summed E-state index contributed by atoms with van der Waals surface area (Å²) in [6, 6.07) is 0. The Morgan fingerprint density at radius 1 is 1.12 bits per heavy atom. The van der Waals surface area contributed by atoms with E-state index < -0.39 is 0 Å². The molecule has 1 aromatic heterocycles. The Morgan fingerprint density at radius 2 is 1.50 bits per heavy atom. The number of rotatable bonds is 0. The molecule has 0 aliphatic rings. The maximum atomic E-state index is 3.96. The highest BCUT2D eigenvalue weighted by Gasteiger charge is 1.93. The van der Waals surface area contributed by atoms with Crippen molar-refractivity contribution in [1.29, 1.82) is 0 Å². The van der Waals surface area contributed by atoms with E-state index in [1.54, 1.807) is 0 Å². The molecule has 0 saturated carbocycles. The summed E-state index contributed by atoms with van der Waals surface area (Å²) in [5.41, 5.74) is 0. The van der Waals surface area contributed by atoms with E-state index in [1.807, 2.05) is 0 Å². The van der Waals surface area contributed by atoms with Gasteiger partial charge in [-0.15, -0.1) is 0 Å². The Bertz CT molecular complexity index is 175. The molecule has 0 fully saturated rings. The summed E-state index contributed by atoms with van der Waals surface area (Å²) in [5.74, 6) is 0. The Hall–Kier alpha value is 0.737. The van der Waals surface area contributed by atoms with Crippen LogP contribution < -0.4 is 9.37 Å². The van der Waals surface area contributed by atoms with Crippen molar-refractivity contribution in [3.8, 4) is 0 Å². The predicted octanol–water partition coefficient (Wildman–Crippen LogP) is -4.81. The second-order valence-corrected chi connectivity index (χ2v) is 4.54. The summed E-state index contributed by atoms with van der Waals surface area (Å²) in [6.45, 7) is 0. The number of hydrogen-bond acceptors (Lipinski definition) is 2. The van der Waals surface area contributed by atoms with Crippen molar-refractivity contribution in [2.75, 3.05) is 0 Å². The summed E-state index contributed by atoms with van der Waals surface area (Å²) in [6.07, 6.45) is 0. The molecule has 8 heavy (non-hydrogen) atoms. The third-order valence-electron chi connectivity index (χ3n) is 1.31. The van der Waals surface area contributed by atoms with Crippen LogP contribution in [0.3, 0.4) is 0 Å². The van der Waals surface area contributed by atoms with Crippen molar-refractivity contribution in [2.24, 2.45) is 0 Å². The van der Waals surface area contributed by atoms with Gasteiger partial charge in [0.15, 0.2) is 0 Å². The van der Waals surface area contributed by atoms with Crippen molar-refractivity contribution in [3.05, 3.63) is 0 Å². The number of nitrogens with zero attached hydrogens (tertiary/aromatic N) is 3. The minimum Gasteiger partial charge on any atom is -0.446 e. The summed E-state index contributed by atoms with van der Waals surface area (Å²) in [7, 11) is 0. The van der Waals surface area contributed by atoms with Crippen LogP contribution in [0.25, 0.3) is 0 Å². The zero-order valence-electron chi connectivity index (χ0n) is 5.34. The lowest BCUT2D eigenvalue weighted by atomic mass is 11.3. The number of hydrogen-bond donors (Lipinski definition) is 0. The van der Waals surface area contributed by atoms with E-state index in [2.05, 4.69) is 13.7 Å². The van der Waals surface area contributed by atoms with Gasteiger partial charge in [0.05, 0.1) is 0 Å². The second-order valence-electron chi connectivity index (χ2n) is 1.85. The lowest BCUT2D eigenvalue weighted by Crippen LogP contribution is -2.26. The normalized spacial score (nSPS) is 9.50. The van der Waals surface area contributed by atoms with Crippen molar-refractivity contribution >= 4 is 58.5 Å². The van der Waals surface area contributed by atoms with Gasteiger partial charge >= 0.3 is 49.1 Å². The molecule has 6 heteroatoms. The van der Waals surface area contributed by atoms with Crippen molar-refractivity contribution in [1.82, 2.24) is 13.7 Å². The Labute approximate surface area is 72.0 Å². The molecule has 0 spiro atoms. The van der Waals surface area contributed by atoms with Crippen LogP contribution >= 0.6 is 0 Å². The lowest BCUT2D eigenvalue weighted by molar-refractivity contribution is 1.14. The molecule has 0 amide bonds. The van der Waals surface area contributed by atoms with Gasteiger partial charge in [-0.2, -0.15) is 10.2 Å². The molecule has 1 rings (SSSR count). The van der Waals surface area contributed by atoms with E-state index in [0.717, 1.165) is 49.1 Å². The highest BCUT2D eigenvalue weighted by molar-refractivity contribution is 6.38. The van der Waals surface area contributed by atoms with Gasteiger partial charge in [-0.05, 0) is 0 Å². The molecule has 38 valence electrons. The zero-order chi connectivity index (χ0) is 6.15. The smallest absolute Gasteiger partial charge is 0.369 e. The van der Waals surface area contributed by atoms with Gasteiger partial charge in [0.2, 0.25) is 0 Å². The lowest BCUT2D eigenvalue weighted by Gasteiger charge is -1.94. The van der Waals surface area contributed by atoms with Crippen LogP contribution in [0.15, 0.2) is 0 Å². The summed E-state index contributed by atoms with van der Waals surface area (Å²) in [5, 5.41) is 7.92. The fraction of sp³-hybridized carbons (Fsp3) is 0. The first-order chi connectivity index (χ1) is 3.72. The van der Waals surface area contributed by atoms with Gasteiger partial charge in [-0.3, -0.25) is 0 Å². The average molecular weight is 153 g/mol. The molecule has 0 radical (unpaired) electrons. The van der Waals surface area contributed by atoms with Crippen molar-refractivity contribution in [3.63, 3.8) is 0 Å². The third-order valence-corrected chi connectivity index (χ3v) is 6.14. The molecular formula is C2H6Al3N3. The summed E-state index contributed by atoms with van der Waals surface area (Å²) < 4.78 is 4.60. The third kappa shape index (κ3) is 1.18. The fourth-order valence-corrected chi connectivity index (χ4v) is 1.99. The van der Waals surface area contributed by atoms with Gasteiger partial charge in [-0.25, -0.2) is 0 Å². The molecule has 0 saturated heterocycles. The fourth-order valence-electron chi connectivity index (χ4n) is 0.513. The molecule has 0 N–H and O–H groups in total. The monoisotopic (exact) mass is 153 g/mol. The Kier molecular flexibility index (Phi) is 2.18. The van der Waals surface area contributed by atoms with E-state index in [9.17, 15) is 0 Å². The first kappa shape index (κ1) is 6.85. The van der Waals surface area contributed by atoms with Crippen LogP contribution in [0.5, 0.6) is 0 Å². The minimum absolute atomic E-state index is 1.04. The van der Waals surface area contributed by atoms with Crippen LogP contribution in [-0.2, 0) is 0 Å². The zero-order valence-corrected chi connectivity index (χ0v) is 11.3. The van der Waals surface area contributed by atoms with Crippen LogP contribution in [0, 0.1) is 0 Å². The van der Waals surface area contributed by atoms with Gasteiger partial charge in [-0.1, -0.05) is 0 Å². The summed E-state index contributed by atoms with van der Waals surface area (Å²) in [4.78, 5) is 0. The second kappa shape index (κ2) is 2.55. The molecule has 0 aliphatic heterocycles. The molecule has 0 bridgehead atoms. The Balaban J connectivity index is 3.19. The SMILES string of the molecule is [AlH2][c]1nn[c]([AlH2])[n]1[AlH2]. The quantitative estimate of drug-likeness (QED) is 0.350. The highest BCUT2D eigenvalue weighted by Crippen LogP contribution is 1.57. The molecular weight excluding hydrogens is 147 g/mol. The summed E-state index contributed by atoms with van der Waals surface area (Å²) >= 11 is 3.15. The molecule has 1 heterocycles. The maximum Gasteiger partial charge on any atom is 0.369 e. The molecule has 0 atom stereocenters. The molecule has 0 aromatic carbocycles. The first-order valence-electron chi connectivity index (χ1n) is 2.54. The average Bonchev–Trinajstić information content (AvgIpc) is 1.98. The van der Waals surface area contributed by atoms with E-state index in [0.29, 0.717) is 0 Å². The van der Waals surface area contributed by atoms with Gasteiger partial charge < -0.3 is 3.55 Å². The largest absolute Gasteiger partial charge is 0.446 e. The van der Waals surface area contributed by atoms with Crippen LogP contribution in [-0.4, -0.2) is 62.8 Å². The Morgan fingerprint density at radius 3 is 1.62 bits per heavy atom. The topological polar surface area (TPSA) is 30.7 Å². The van der Waals surface area contributed by atoms with Crippen LogP contribution in [0.2, 0.25) is 0 Å². The minimum atomic E-state index is 1.04. The maximum absolute atomic E-state index is 3.96. The first-order valence-corrected chi connectivity index (χ1v) is 5.44. The van der Waals surface area contributed by atoms with E-state index >= 15 is 0 Å². The van der Waals surface area contributed by atoms with E-state index in [-0.39, 0.29) is 0 Å². The highest BCUT2D eigenvalue weighted by atomic mass is 27.1. The van der Waals surface area contributed by atoms with Gasteiger partial charge in [0.25, 0.3) is 0 Å². The van der Waals surface area contributed by atoms with E-state index in [4.69, 9.17) is 0 Å². The standard InChI is InChI=1S/C2N3.3Al.6H/c1-3-2-5-4-1;;;;;;;;;/q-1;;;+1;;;;;;. The molecule has 0 unspecified atom stereocenters. The van der Waals surface area contributed by atoms with Crippen LogP contribution in [0.1, 0.15) is 0 Å². The van der Waals surface area contributed by atoms with E-state index in [1.165, 1.54) is 9.37 Å². The van der Waals surface area contributed by atoms with Crippen molar-refractivity contribution in [2.45, 2.75) is 0 Å². The number of aromatic nitrogens is 3. The van der Waals surface area contributed by atoms with Crippen molar-refractivity contribution < 1.29 is 0 Å². The molecule has 0 aliphatic carbocycles.